The number of aryl methyl sites for hydroxylation is 1. The molecule has 1 aromatic carbocycles. The van der Waals surface area contributed by atoms with Gasteiger partial charge >= 0.3 is 5.97 Å². The van der Waals surface area contributed by atoms with Gasteiger partial charge in [-0.2, -0.15) is 4.31 Å². The predicted molar refractivity (Wildman–Crippen MR) is 81.4 cm³/mol. The summed E-state index contributed by atoms with van der Waals surface area (Å²) in [4.78, 5) is 12.2. The minimum absolute atomic E-state index is 0.109. The number of carbonyl (C=O) groups is 1. The first-order valence-corrected chi connectivity index (χ1v) is 8.75. The van der Waals surface area contributed by atoms with E-state index >= 15 is 0 Å². The number of hydrogen-bond acceptors (Lipinski definition) is 4. The Bertz CT molecular complexity index is 708. The minimum Gasteiger partial charge on any atom is -0.445 e. The Labute approximate surface area is 130 Å². The van der Waals surface area contributed by atoms with Crippen molar-refractivity contribution in [2.75, 3.05) is 7.05 Å². The van der Waals surface area contributed by atoms with Gasteiger partial charge in [0.1, 0.15) is 0 Å². The molecule has 118 valence electrons. The van der Waals surface area contributed by atoms with Crippen molar-refractivity contribution in [2.45, 2.75) is 30.9 Å². The first-order valence-electron chi connectivity index (χ1n) is 7.31. The van der Waals surface area contributed by atoms with Crippen molar-refractivity contribution in [3.63, 3.8) is 0 Å². The second kappa shape index (κ2) is 5.52. The number of nitrogens with zero attached hydrogens (tertiary/aromatic N) is 1. The molecule has 6 heteroatoms. The first-order chi connectivity index (χ1) is 10.4. The van der Waals surface area contributed by atoms with Crippen LogP contribution in [0.1, 0.15) is 18.4 Å². The molecule has 5 nitrogen and oxygen atoms in total. The van der Waals surface area contributed by atoms with Crippen molar-refractivity contribution in [1.29, 1.82) is 0 Å². The van der Waals surface area contributed by atoms with Crippen LogP contribution in [0.2, 0.25) is 0 Å². The predicted octanol–water partition coefficient (Wildman–Crippen LogP) is 2.08. The van der Waals surface area contributed by atoms with E-state index in [0.717, 1.165) is 5.56 Å². The van der Waals surface area contributed by atoms with Crippen molar-refractivity contribution in [1.82, 2.24) is 4.31 Å². The Morgan fingerprint density at radius 3 is 2.45 bits per heavy atom. The van der Waals surface area contributed by atoms with Gasteiger partial charge in [-0.25, -0.2) is 8.42 Å². The van der Waals surface area contributed by atoms with Gasteiger partial charge in [0.15, 0.2) is 6.23 Å². The number of fused-ring (bicyclic) bond motifs is 1. The summed E-state index contributed by atoms with van der Waals surface area (Å²) in [5.41, 5.74) is 0.992. The van der Waals surface area contributed by atoms with Crippen molar-refractivity contribution < 1.29 is 17.9 Å². The van der Waals surface area contributed by atoms with E-state index in [0.29, 0.717) is 12.8 Å². The molecule has 22 heavy (non-hydrogen) atoms. The van der Waals surface area contributed by atoms with Crippen LogP contribution in [-0.2, 0) is 19.6 Å². The second-order valence-corrected chi connectivity index (χ2v) is 7.87. The number of esters is 1. The monoisotopic (exact) mass is 321 g/mol. The van der Waals surface area contributed by atoms with Gasteiger partial charge in [0.05, 0.1) is 10.8 Å². The summed E-state index contributed by atoms with van der Waals surface area (Å²) < 4.78 is 32.0. The molecule has 0 amide bonds. The van der Waals surface area contributed by atoms with Crippen LogP contribution in [0, 0.1) is 18.8 Å². The maximum absolute atomic E-state index is 12.7. The lowest BCUT2D eigenvalue weighted by Gasteiger charge is -2.28. The number of cyclic esters (lactones) is 1. The third kappa shape index (κ3) is 2.46. The molecule has 0 spiro atoms. The van der Waals surface area contributed by atoms with Gasteiger partial charge in [-0.05, 0) is 31.9 Å². The molecule has 2 aliphatic rings. The van der Waals surface area contributed by atoms with Crippen LogP contribution in [0.3, 0.4) is 0 Å². The number of hydrogen-bond donors (Lipinski definition) is 0. The maximum Gasteiger partial charge on any atom is 0.311 e. The molecule has 0 bridgehead atoms. The minimum atomic E-state index is -3.68. The second-order valence-electron chi connectivity index (χ2n) is 5.87. The zero-order valence-corrected chi connectivity index (χ0v) is 13.4. The Kier molecular flexibility index (Phi) is 3.82. The number of benzene rings is 1. The van der Waals surface area contributed by atoms with Crippen LogP contribution in [0.5, 0.6) is 0 Å². The van der Waals surface area contributed by atoms with Crippen molar-refractivity contribution in [3.8, 4) is 0 Å². The van der Waals surface area contributed by atoms with Crippen molar-refractivity contribution in [2.24, 2.45) is 11.8 Å². The highest BCUT2D eigenvalue weighted by Crippen LogP contribution is 2.39. The Morgan fingerprint density at radius 1 is 1.14 bits per heavy atom. The molecule has 0 saturated carbocycles. The quantitative estimate of drug-likeness (QED) is 0.631. The fraction of sp³-hybridized carbons (Fsp3) is 0.438. The summed E-state index contributed by atoms with van der Waals surface area (Å²) >= 11 is 0. The van der Waals surface area contributed by atoms with Crippen molar-refractivity contribution >= 4 is 16.0 Å². The Balaban J connectivity index is 1.89. The molecule has 0 radical (unpaired) electrons. The van der Waals surface area contributed by atoms with Gasteiger partial charge in [-0.3, -0.25) is 4.79 Å². The molecular weight excluding hydrogens is 302 g/mol. The molecule has 3 atom stereocenters. The van der Waals surface area contributed by atoms with Gasteiger partial charge in [-0.1, -0.05) is 29.8 Å². The van der Waals surface area contributed by atoms with E-state index in [9.17, 15) is 13.2 Å². The number of sulfonamides is 1. The number of rotatable bonds is 3. The lowest BCUT2D eigenvalue weighted by Crippen LogP contribution is -2.41. The summed E-state index contributed by atoms with van der Waals surface area (Å²) in [6.45, 7) is 1.90. The molecule has 1 aromatic rings. The van der Waals surface area contributed by atoms with E-state index < -0.39 is 16.3 Å². The van der Waals surface area contributed by atoms with Crippen LogP contribution in [0.25, 0.3) is 0 Å². The largest absolute Gasteiger partial charge is 0.445 e. The summed E-state index contributed by atoms with van der Waals surface area (Å²) in [6.07, 6.45) is 4.50. The smallest absolute Gasteiger partial charge is 0.311 e. The molecule has 0 aromatic heterocycles. The molecule has 0 N–H and O–H groups in total. The third-order valence-electron chi connectivity index (χ3n) is 4.44. The van der Waals surface area contributed by atoms with Crippen LogP contribution >= 0.6 is 0 Å². The fourth-order valence-electron chi connectivity index (χ4n) is 3.07. The summed E-state index contributed by atoms with van der Waals surface area (Å²) in [5, 5.41) is 0. The van der Waals surface area contributed by atoms with Crippen LogP contribution in [-0.4, -0.2) is 32.0 Å². The molecule has 1 aliphatic carbocycles. The summed E-state index contributed by atoms with van der Waals surface area (Å²) in [7, 11) is -2.20. The number of allylic oxidation sites excluding steroid dienone is 2. The summed E-state index contributed by atoms with van der Waals surface area (Å²) in [5.74, 6) is -0.640. The van der Waals surface area contributed by atoms with E-state index in [1.165, 1.54) is 11.4 Å². The topological polar surface area (TPSA) is 63.7 Å². The van der Waals surface area contributed by atoms with E-state index in [2.05, 4.69) is 0 Å². The van der Waals surface area contributed by atoms with Gasteiger partial charge in [0.2, 0.25) is 10.0 Å². The molecule has 1 saturated heterocycles. The maximum atomic E-state index is 12.7. The zero-order valence-electron chi connectivity index (χ0n) is 12.6. The standard InChI is InChI=1S/C16H19NO4S/c1-11-7-9-12(10-8-11)22(19,20)17(2)15-13-5-3-4-6-14(13)16(18)21-15/h3-4,7-10,13-15H,5-6H2,1-2H3/t13-,14+,15-/m1/s1. The van der Waals surface area contributed by atoms with Gasteiger partial charge in [0, 0.05) is 13.0 Å². The van der Waals surface area contributed by atoms with Gasteiger partial charge in [0.25, 0.3) is 0 Å². The average Bonchev–Trinajstić information content (AvgIpc) is 2.84. The molecule has 1 aliphatic heterocycles. The van der Waals surface area contributed by atoms with Crippen molar-refractivity contribution in [3.05, 3.63) is 42.0 Å². The lowest BCUT2D eigenvalue weighted by atomic mass is 9.84. The zero-order chi connectivity index (χ0) is 15.9. The SMILES string of the molecule is Cc1ccc(S(=O)(=O)N(C)[C@@H]2OC(=O)[C@H]3CC=CC[C@H]32)cc1. The number of ether oxygens (including phenoxy) is 1. The van der Waals surface area contributed by atoms with E-state index in [1.807, 2.05) is 19.1 Å². The van der Waals surface area contributed by atoms with Gasteiger partial charge in [-0.15, -0.1) is 0 Å². The van der Waals surface area contributed by atoms with E-state index in [4.69, 9.17) is 4.74 Å². The van der Waals surface area contributed by atoms with Crippen LogP contribution in [0.4, 0.5) is 0 Å². The van der Waals surface area contributed by atoms with Crippen LogP contribution < -0.4 is 0 Å². The Morgan fingerprint density at radius 2 is 1.77 bits per heavy atom. The van der Waals surface area contributed by atoms with E-state index in [1.54, 1.807) is 24.3 Å². The number of carbonyl (C=O) groups excluding carboxylic acids is 1. The molecule has 1 fully saturated rings. The lowest BCUT2D eigenvalue weighted by molar-refractivity contribution is -0.147. The molecular formula is C16H19NO4S. The average molecular weight is 321 g/mol. The fourth-order valence-corrected chi connectivity index (χ4v) is 4.36. The first kappa shape index (κ1) is 15.2. The van der Waals surface area contributed by atoms with Gasteiger partial charge < -0.3 is 4.74 Å². The Hall–Kier alpha value is -1.66. The molecule has 1 heterocycles. The third-order valence-corrected chi connectivity index (χ3v) is 6.28. The van der Waals surface area contributed by atoms with E-state index in [-0.39, 0.29) is 22.7 Å². The highest BCUT2D eigenvalue weighted by molar-refractivity contribution is 7.89. The van der Waals surface area contributed by atoms with Crippen LogP contribution in [0.15, 0.2) is 41.3 Å². The molecule has 3 rings (SSSR count). The summed E-state index contributed by atoms with van der Waals surface area (Å²) in [6, 6.07) is 6.67. The highest BCUT2D eigenvalue weighted by atomic mass is 32.2. The molecule has 0 unspecified atom stereocenters. The normalized spacial score (nSPS) is 27.8. The highest BCUT2D eigenvalue weighted by Gasteiger charge is 2.48.